The number of fused-ring (bicyclic) bond motifs is 1. The fourth-order valence-corrected chi connectivity index (χ4v) is 4.43. The molecule has 0 fully saturated rings. The minimum Gasteiger partial charge on any atom is -0.481 e. The molecule has 0 bridgehead atoms. The predicted molar refractivity (Wildman–Crippen MR) is 160 cm³/mol. The molecule has 0 aliphatic rings. The number of carboxylic acid groups (broad SMARTS) is 2. The molecule has 12 N–H and O–H groups in total. The number of carbonyl (C=O) groups excluding carboxylic acids is 3. The number of rotatable bonds is 18. The van der Waals surface area contributed by atoms with Crippen molar-refractivity contribution in [1.29, 1.82) is 0 Å². The number of aliphatic carboxylic acids is 2. The van der Waals surface area contributed by atoms with Crippen molar-refractivity contribution in [3.05, 3.63) is 36.0 Å². The summed E-state index contributed by atoms with van der Waals surface area (Å²) in [5.74, 6) is -4.69. The van der Waals surface area contributed by atoms with Crippen LogP contribution < -0.4 is 33.2 Å². The average Bonchev–Trinajstić information content (AvgIpc) is 3.34. The van der Waals surface area contributed by atoms with Crippen molar-refractivity contribution in [3.63, 3.8) is 0 Å². The van der Waals surface area contributed by atoms with Crippen LogP contribution in [-0.4, -0.2) is 81.5 Å². The Hall–Kier alpha value is -4.66. The molecule has 0 saturated heterocycles. The van der Waals surface area contributed by atoms with Gasteiger partial charge in [0.2, 0.25) is 17.7 Å². The Morgan fingerprint density at radius 3 is 2.16 bits per heavy atom. The molecule has 0 radical (unpaired) electrons. The highest BCUT2D eigenvalue weighted by Crippen LogP contribution is 2.19. The maximum Gasteiger partial charge on any atom is 0.326 e. The van der Waals surface area contributed by atoms with Gasteiger partial charge < -0.3 is 48.3 Å². The van der Waals surface area contributed by atoms with Crippen molar-refractivity contribution in [1.82, 2.24) is 20.9 Å². The molecule has 1 aromatic carbocycles. The topological polar surface area (TPSA) is 268 Å². The van der Waals surface area contributed by atoms with E-state index in [9.17, 15) is 29.1 Å². The Kier molecular flexibility index (Phi) is 13.4. The zero-order valence-electron chi connectivity index (χ0n) is 24.3. The Morgan fingerprint density at radius 2 is 1.53 bits per heavy atom. The monoisotopic (exact) mass is 602 g/mol. The lowest BCUT2D eigenvalue weighted by atomic mass is 10.0. The van der Waals surface area contributed by atoms with E-state index in [1.165, 1.54) is 0 Å². The number of hydrogen-bond donors (Lipinski definition) is 9. The minimum atomic E-state index is -1.21. The fourth-order valence-electron chi connectivity index (χ4n) is 4.43. The van der Waals surface area contributed by atoms with Crippen molar-refractivity contribution in [2.45, 2.75) is 76.5 Å². The zero-order chi connectivity index (χ0) is 32.1. The predicted octanol–water partition coefficient (Wildman–Crippen LogP) is -0.459. The molecule has 4 atom stereocenters. The van der Waals surface area contributed by atoms with Crippen LogP contribution >= 0.6 is 0 Å². The largest absolute Gasteiger partial charge is 0.481 e. The lowest BCUT2D eigenvalue weighted by molar-refractivity contribution is -0.143. The third-order valence-corrected chi connectivity index (χ3v) is 6.64. The Labute approximate surface area is 249 Å². The van der Waals surface area contributed by atoms with Crippen molar-refractivity contribution < 1.29 is 34.2 Å². The quantitative estimate of drug-likeness (QED) is 0.0602. The summed E-state index contributed by atoms with van der Waals surface area (Å²) in [5, 5.41) is 27.1. The van der Waals surface area contributed by atoms with Gasteiger partial charge in [-0.05, 0) is 43.2 Å². The van der Waals surface area contributed by atoms with E-state index in [1.807, 2.05) is 38.1 Å². The van der Waals surface area contributed by atoms with E-state index in [0.717, 1.165) is 10.9 Å². The highest BCUT2D eigenvalue weighted by Gasteiger charge is 2.31. The summed E-state index contributed by atoms with van der Waals surface area (Å²) >= 11 is 0. The number of benzene rings is 1. The van der Waals surface area contributed by atoms with Gasteiger partial charge in [-0.3, -0.25) is 24.2 Å². The summed E-state index contributed by atoms with van der Waals surface area (Å²) < 4.78 is 0. The molecular weight excluding hydrogens is 560 g/mol. The highest BCUT2D eigenvalue weighted by molar-refractivity contribution is 5.95. The number of nitrogens with two attached hydrogens (primary N) is 3. The van der Waals surface area contributed by atoms with Gasteiger partial charge in [0.25, 0.3) is 0 Å². The number of para-hydroxylation sites is 1. The number of hydrogen-bond acceptors (Lipinski definition) is 7. The first kappa shape index (κ1) is 34.5. The second-order valence-corrected chi connectivity index (χ2v) is 10.7. The summed E-state index contributed by atoms with van der Waals surface area (Å²) in [7, 11) is 0. The van der Waals surface area contributed by atoms with Crippen molar-refractivity contribution in [2.75, 3.05) is 6.54 Å². The molecule has 236 valence electrons. The summed E-state index contributed by atoms with van der Waals surface area (Å²) in [5.41, 5.74) is 18.1. The van der Waals surface area contributed by atoms with E-state index in [-0.39, 0.29) is 56.9 Å². The number of nitrogens with zero attached hydrogens (tertiary/aromatic N) is 1. The lowest BCUT2D eigenvalue weighted by Crippen LogP contribution is -2.57. The molecule has 1 heterocycles. The maximum atomic E-state index is 13.5. The summed E-state index contributed by atoms with van der Waals surface area (Å²) in [4.78, 5) is 69.5. The van der Waals surface area contributed by atoms with E-state index >= 15 is 0 Å². The number of aromatic nitrogens is 1. The van der Waals surface area contributed by atoms with Crippen LogP contribution in [0.15, 0.2) is 35.5 Å². The van der Waals surface area contributed by atoms with E-state index in [1.54, 1.807) is 6.20 Å². The molecule has 4 unspecified atom stereocenters. The van der Waals surface area contributed by atoms with Gasteiger partial charge in [0.1, 0.15) is 18.1 Å². The molecule has 2 aromatic rings. The SMILES string of the molecule is CC(C)CC(NC(=O)C(Cc1c[nH]c2ccccc12)NC(=O)C(CCCN=C(N)N)NC(=O)C(N)CCC(=O)O)C(=O)O. The van der Waals surface area contributed by atoms with Gasteiger partial charge >= 0.3 is 11.9 Å². The van der Waals surface area contributed by atoms with E-state index in [4.69, 9.17) is 22.3 Å². The number of carboxylic acids is 2. The van der Waals surface area contributed by atoms with Crippen molar-refractivity contribution in [3.8, 4) is 0 Å². The van der Waals surface area contributed by atoms with E-state index in [0.29, 0.717) is 5.56 Å². The molecule has 0 aliphatic heterocycles. The first-order chi connectivity index (χ1) is 20.3. The average molecular weight is 603 g/mol. The van der Waals surface area contributed by atoms with Crippen LogP contribution in [-0.2, 0) is 30.4 Å². The molecule has 15 nitrogen and oxygen atoms in total. The number of amides is 3. The van der Waals surface area contributed by atoms with E-state index < -0.39 is 53.8 Å². The molecule has 2 rings (SSSR count). The standard InChI is InChI=1S/C28H42N8O7/c1-15(2)12-22(27(42)43)36-26(41)21(13-16-14-33-19-7-4-3-6-17(16)19)35-25(40)20(8-5-11-32-28(30)31)34-24(39)18(29)9-10-23(37)38/h3-4,6-7,14-15,18,20-22,33H,5,8-13,29H2,1-2H3,(H,34,39)(H,35,40)(H,36,41)(H,37,38)(H,42,43)(H4,30,31,32). The summed E-state index contributed by atoms with van der Waals surface area (Å²) in [6, 6.07) is 2.60. The zero-order valence-corrected chi connectivity index (χ0v) is 24.3. The van der Waals surface area contributed by atoms with Crippen LogP contribution in [0.2, 0.25) is 0 Å². The minimum absolute atomic E-state index is 0.0163. The number of nitrogens with one attached hydrogen (secondary N) is 4. The van der Waals surface area contributed by atoms with Gasteiger partial charge in [-0.1, -0.05) is 32.0 Å². The Bertz CT molecular complexity index is 1310. The van der Waals surface area contributed by atoms with Crippen LogP contribution in [0.25, 0.3) is 10.9 Å². The Balaban J connectivity index is 2.32. The van der Waals surface area contributed by atoms with Crippen molar-refractivity contribution in [2.24, 2.45) is 28.1 Å². The van der Waals surface area contributed by atoms with Crippen LogP contribution in [0.1, 0.15) is 51.5 Å². The molecule has 0 saturated carbocycles. The maximum absolute atomic E-state index is 13.5. The van der Waals surface area contributed by atoms with Gasteiger partial charge in [-0.2, -0.15) is 0 Å². The van der Waals surface area contributed by atoms with Crippen LogP contribution in [0.4, 0.5) is 0 Å². The molecule has 0 spiro atoms. The number of aliphatic imine (C=N–C) groups is 1. The molecule has 43 heavy (non-hydrogen) atoms. The van der Waals surface area contributed by atoms with Crippen LogP contribution in [0.3, 0.4) is 0 Å². The molecule has 0 aliphatic carbocycles. The first-order valence-corrected chi connectivity index (χ1v) is 14.0. The van der Waals surface area contributed by atoms with Crippen LogP contribution in [0.5, 0.6) is 0 Å². The third-order valence-electron chi connectivity index (χ3n) is 6.64. The normalized spacial score (nSPS) is 13.9. The Morgan fingerprint density at radius 1 is 0.907 bits per heavy atom. The van der Waals surface area contributed by atoms with Gasteiger partial charge in [-0.15, -0.1) is 0 Å². The second-order valence-electron chi connectivity index (χ2n) is 10.7. The number of aromatic amines is 1. The van der Waals surface area contributed by atoms with Crippen LogP contribution in [0, 0.1) is 5.92 Å². The van der Waals surface area contributed by atoms with E-state index in [2.05, 4.69) is 25.9 Å². The second kappa shape index (κ2) is 16.7. The number of guanidine groups is 1. The van der Waals surface area contributed by atoms with Crippen molar-refractivity contribution >= 4 is 46.5 Å². The molecule has 3 amide bonds. The number of H-pyrrole nitrogens is 1. The molecular formula is C28H42N8O7. The smallest absolute Gasteiger partial charge is 0.326 e. The van der Waals surface area contributed by atoms with Gasteiger partial charge in [-0.25, -0.2) is 4.79 Å². The summed E-state index contributed by atoms with van der Waals surface area (Å²) in [6.07, 6.45) is 1.73. The van der Waals surface area contributed by atoms with Gasteiger partial charge in [0.05, 0.1) is 6.04 Å². The first-order valence-electron chi connectivity index (χ1n) is 14.0. The van der Waals surface area contributed by atoms with Gasteiger partial charge in [0, 0.05) is 36.5 Å². The molecule has 1 aromatic heterocycles. The van der Waals surface area contributed by atoms with Gasteiger partial charge in [0.15, 0.2) is 5.96 Å². The highest BCUT2D eigenvalue weighted by atomic mass is 16.4. The fraction of sp³-hybridized carbons (Fsp3) is 0.500. The lowest BCUT2D eigenvalue weighted by Gasteiger charge is -2.25. The summed E-state index contributed by atoms with van der Waals surface area (Å²) in [6.45, 7) is 3.80. The number of carbonyl (C=O) groups is 5. The third kappa shape index (κ3) is 11.6. The molecule has 15 heteroatoms.